The summed E-state index contributed by atoms with van der Waals surface area (Å²) >= 11 is 0. The molecule has 0 saturated heterocycles. The number of carboxylic acid groups (broad SMARTS) is 1. The minimum atomic E-state index is -2.33. The number of carbonyl (C=O) groups is 1. The van der Waals surface area contributed by atoms with Crippen LogP contribution in [0.4, 0.5) is 9.18 Å². The largest absolute Gasteiger partial charge is 0.492 e. The summed E-state index contributed by atoms with van der Waals surface area (Å²) in [5.41, 5.74) is 0. The highest BCUT2D eigenvalue weighted by atomic mass is 19.1. The number of hydrogen-bond donors (Lipinski definition) is 2. The maximum absolute atomic E-state index is 9.92. The highest BCUT2D eigenvalue weighted by Gasteiger charge is 1.74. The molecule has 0 unspecified atom stereocenters. The minimum Gasteiger partial charge on any atom is -0.456 e. The lowest BCUT2D eigenvalue weighted by molar-refractivity contribution is 0.169. The average Bonchev–Trinajstić information content (AvgIpc) is 0.811. The molecule has 5 heavy (non-hydrogen) atoms. The van der Waals surface area contributed by atoms with Crippen LogP contribution in [-0.2, 0) is 0 Å². The van der Waals surface area contributed by atoms with Crippen molar-refractivity contribution in [3.05, 3.63) is 0 Å². The maximum atomic E-state index is 9.92. The molecule has 0 saturated carbocycles. The Bertz CT molecular complexity index is 32.6. The van der Waals surface area contributed by atoms with Crippen molar-refractivity contribution in [1.82, 2.24) is 6.15 Å². The van der Waals surface area contributed by atoms with Gasteiger partial charge in [-0.25, -0.2) is 4.79 Å². The molecule has 0 rings (SSSR count). The van der Waals surface area contributed by atoms with E-state index >= 15 is 0 Å². The molecule has 0 bridgehead atoms. The van der Waals surface area contributed by atoms with Crippen LogP contribution < -0.4 is 6.15 Å². The van der Waals surface area contributed by atoms with Crippen LogP contribution in [0.3, 0.4) is 0 Å². The van der Waals surface area contributed by atoms with E-state index in [2.05, 4.69) is 0 Å². The first-order chi connectivity index (χ1) is 1.73. The zero-order chi connectivity index (χ0) is 3.58. The third-order valence-electron chi connectivity index (χ3n) is 0. The lowest BCUT2D eigenvalue weighted by Crippen LogP contribution is -1.69. The smallest absolute Gasteiger partial charge is 0.456 e. The van der Waals surface area contributed by atoms with Gasteiger partial charge in [-0.05, 0) is 0 Å². The molecule has 0 amide bonds. The van der Waals surface area contributed by atoms with Gasteiger partial charge < -0.3 is 11.3 Å². The normalized spacial score (nSPS) is 5.00. The summed E-state index contributed by atoms with van der Waals surface area (Å²) in [6.07, 6.45) is -2.33. The molecule has 0 radical (unpaired) electrons. The van der Waals surface area contributed by atoms with E-state index in [0.717, 1.165) is 0 Å². The summed E-state index contributed by atoms with van der Waals surface area (Å²) in [5.74, 6) is 0. The molecule has 0 spiro atoms. The Morgan fingerprint density at radius 3 is 1.80 bits per heavy atom. The molecular formula is CH4FNO2. The SMILES string of the molecule is N.O=C(O)F. The third-order valence-corrected chi connectivity index (χ3v) is 0. The molecule has 4 N–H and O–H groups in total. The van der Waals surface area contributed by atoms with Crippen molar-refractivity contribution in [2.45, 2.75) is 0 Å². The van der Waals surface area contributed by atoms with Gasteiger partial charge in [0.15, 0.2) is 0 Å². The van der Waals surface area contributed by atoms with Crippen molar-refractivity contribution in [1.29, 1.82) is 0 Å². The van der Waals surface area contributed by atoms with Crippen molar-refractivity contribution in [3.8, 4) is 0 Å². The molecular weight excluding hydrogens is 77.0 g/mol. The second-order valence-corrected chi connectivity index (χ2v) is 0.253. The van der Waals surface area contributed by atoms with E-state index in [1.54, 1.807) is 0 Å². The zero-order valence-corrected chi connectivity index (χ0v) is 2.44. The fraction of sp³-hybridized carbons (Fsp3) is 0. The van der Waals surface area contributed by atoms with Gasteiger partial charge in [-0.3, -0.25) is 0 Å². The first-order valence-corrected chi connectivity index (χ1v) is 0.617. The van der Waals surface area contributed by atoms with E-state index in [1.165, 1.54) is 0 Å². The molecule has 0 aliphatic rings. The third kappa shape index (κ3) is 15.2. The Kier molecular flexibility index (Phi) is 5.94. The van der Waals surface area contributed by atoms with Gasteiger partial charge in [-0.1, -0.05) is 0 Å². The molecule has 0 aromatic rings. The van der Waals surface area contributed by atoms with E-state index in [1.807, 2.05) is 0 Å². The summed E-state index contributed by atoms with van der Waals surface area (Å²) in [5, 5.41) is 6.75. The summed E-state index contributed by atoms with van der Waals surface area (Å²) in [6, 6.07) is 0. The number of rotatable bonds is 0. The monoisotopic (exact) mass is 81.0 g/mol. The second kappa shape index (κ2) is 3.36. The minimum absolute atomic E-state index is 0. The molecule has 0 aliphatic heterocycles. The Morgan fingerprint density at radius 2 is 1.80 bits per heavy atom. The Labute approximate surface area is 28.0 Å². The van der Waals surface area contributed by atoms with Gasteiger partial charge >= 0.3 is 6.22 Å². The molecule has 0 atom stereocenters. The zero-order valence-electron chi connectivity index (χ0n) is 2.44. The van der Waals surface area contributed by atoms with Crippen LogP contribution in [0.1, 0.15) is 0 Å². The van der Waals surface area contributed by atoms with Crippen molar-refractivity contribution in [3.63, 3.8) is 0 Å². The van der Waals surface area contributed by atoms with Gasteiger partial charge in [0, 0.05) is 0 Å². The standard InChI is InChI=1S/CHFO2.H3N/c2-1(3)4;/h(H,3,4);1H3. The maximum Gasteiger partial charge on any atom is 0.492 e. The van der Waals surface area contributed by atoms with Crippen LogP contribution in [0.5, 0.6) is 0 Å². The first-order valence-electron chi connectivity index (χ1n) is 0.617. The molecule has 0 aliphatic carbocycles. The Morgan fingerprint density at radius 1 is 1.80 bits per heavy atom. The predicted molar refractivity (Wildman–Crippen MR) is 14.2 cm³/mol. The molecule has 0 aromatic carbocycles. The van der Waals surface area contributed by atoms with Crippen LogP contribution in [0.25, 0.3) is 0 Å². The average molecular weight is 81.0 g/mol. The van der Waals surface area contributed by atoms with Gasteiger partial charge in [0.2, 0.25) is 0 Å². The van der Waals surface area contributed by atoms with Crippen molar-refractivity contribution >= 4 is 6.22 Å². The molecule has 3 nitrogen and oxygen atoms in total. The van der Waals surface area contributed by atoms with Gasteiger partial charge in [0.05, 0.1) is 0 Å². The van der Waals surface area contributed by atoms with Gasteiger partial charge in [0.25, 0.3) is 0 Å². The van der Waals surface area contributed by atoms with Gasteiger partial charge in [0.1, 0.15) is 0 Å². The lowest BCUT2D eigenvalue weighted by atomic mass is 11.5. The summed E-state index contributed by atoms with van der Waals surface area (Å²) < 4.78 is 9.92. The van der Waals surface area contributed by atoms with Crippen LogP contribution in [0, 0.1) is 0 Å². The first kappa shape index (κ1) is 8.84. The van der Waals surface area contributed by atoms with Crippen molar-refractivity contribution in [2.75, 3.05) is 0 Å². The summed E-state index contributed by atoms with van der Waals surface area (Å²) in [7, 11) is 0. The second-order valence-electron chi connectivity index (χ2n) is 0.253. The van der Waals surface area contributed by atoms with E-state index < -0.39 is 6.22 Å². The van der Waals surface area contributed by atoms with E-state index in [4.69, 9.17) is 9.90 Å². The van der Waals surface area contributed by atoms with Crippen molar-refractivity contribution < 1.29 is 14.3 Å². The van der Waals surface area contributed by atoms with E-state index in [9.17, 15) is 4.39 Å². The van der Waals surface area contributed by atoms with Crippen LogP contribution >= 0.6 is 0 Å². The fourth-order valence-electron chi connectivity index (χ4n) is 0. The molecule has 0 aromatic heterocycles. The van der Waals surface area contributed by atoms with Crippen LogP contribution in [0.15, 0.2) is 0 Å². The quantitative estimate of drug-likeness (QED) is 0.423. The molecule has 0 fully saturated rings. The molecule has 32 valence electrons. The van der Waals surface area contributed by atoms with Gasteiger partial charge in [-0.15, -0.1) is 4.39 Å². The number of hydrogen-bond acceptors (Lipinski definition) is 2. The van der Waals surface area contributed by atoms with E-state index in [0.29, 0.717) is 0 Å². The fourth-order valence-corrected chi connectivity index (χ4v) is 0. The molecule has 0 heterocycles. The Balaban J connectivity index is 0. The summed E-state index contributed by atoms with van der Waals surface area (Å²) in [4.78, 5) is 8.33. The Hall–Kier alpha value is -0.640. The van der Waals surface area contributed by atoms with Gasteiger partial charge in [-0.2, -0.15) is 0 Å². The number of halogens is 1. The lowest BCUT2D eigenvalue weighted by Gasteiger charge is -1.53. The highest BCUT2D eigenvalue weighted by molar-refractivity contribution is 5.54. The summed E-state index contributed by atoms with van der Waals surface area (Å²) in [6.45, 7) is 0. The highest BCUT2D eigenvalue weighted by Crippen LogP contribution is 1.58. The van der Waals surface area contributed by atoms with Crippen molar-refractivity contribution in [2.24, 2.45) is 0 Å². The van der Waals surface area contributed by atoms with Crippen LogP contribution in [0.2, 0.25) is 0 Å². The topological polar surface area (TPSA) is 72.3 Å². The van der Waals surface area contributed by atoms with Crippen LogP contribution in [-0.4, -0.2) is 11.3 Å². The van der Waals surface area contributed by atoms with E-state index in [-0.39, 0.29) is 6.15 Å². The predicted octanol–water partition coefficient (Wildman–Crippen LogP) is 0.796. The molecule has 4 heteroatoms.